The topological polar surface area (TPSA) is 62.2 Å². The van der Waals surface area contributed by atoms with Crippen molar-refractivity contribution >= 4 is 23.4 Å². The van der Waals surface area contributed by atoms with E-state index in [1.807, 2.05) is 0 Å². The number of pyridine rings is 1. The summed E-state index contributed by atoms with van der Waals surface area (Å²) in [5, 5.41) is 12.4. The highest BCUT2D eigenvalue weighted by atomic mass is 35.5. The molecule has 1 aliphatic carbocycles. The second-order valence-corrected chi connectivity index (χ2v) is 4.65. The first-order chi connectivity index (χ1) is 8.66. The fourth-order valence-corrected chi connectivity index (χ4v) is 2.20. The normalized spacial score (nSPS) is 14.4. The third kappa shape index (κ3) is 3.23. The Hall–Kier alpha value is -1.55. The first-order valence-electron chi connectivity index (χ1n) is 5.98. The van der Waals surface area contributed by atoms with Crippen LogP contribution in [-0.2, 0) is 0 Å². The van der Waals surface area contributed by atoms with Crippen LogP contribution in [0.25, 0.3) is 0 Å². The first-order valence-corrected chi connectivity index (χ1v) is 6.36. The molecule has 0 unspecified atom stereocenters. The molecule has 2 rings (SSSR count). The molecule has 1 heterocycles. The van der Waals surface area contributed by atoms with Gasteiger partial charge in [-0.05, 0) is 37.8 Å². The zero-order chi connectivity index (χ0) is 13.0. The molecule has 0 atom stereocenters. The predicted octanol–water partition coefficient (Wildman–Crippen LogP) is 3.35. The smallest absolute Gasteiger partial charge is 0.339 e. The van der Waals surface area contributed by atoms with E-state index < -0.39 is 5.97 Å². The van der Waals surface area contributed by atoms with Gasteiger partial charge in [-0.15, -0.1) is 0 Å². The highest BCUT2D eigenvalue weighted by molar-refractivity contribution is 6.29. The van der Waals surface area contributed by atoms with E-state index in [1.54, 1.807) is 0 Å². The molecule has 5 heteroatoms. The van der Waals surface area contributed by atoms with Crippen molar-refractivity contribution in [1.29, 1.82) is 0 Å². The molecule has 0 amide bonds. The monoisotopic (exact) mass is 266 g/mol. The fraction of sp³-hybridized carbons (Fsp3) is 0.385. The van der Waals surface area contributed by atoms with Crippen LogP contribution in [0.1, 0.15) is 36.0 Å². The second kappa shape index (κ2) is 5.87. The molecular weight excluding hydrogens is 252 g/mol. The van der Waals surface area contributed by atoms with Crippen molar-refractivity contribution < 1.29 is 9.90 Å². The molecule has 96 valence electrons. The Morgan fingerprint density at radius 2 is 2.33 bits per heavy atom. The number of nitrogens with one attached hydrogen (secondary N) is 1. The molecule has 0 saturated carbocycles. The van der Waals surface area contributed by atoms with Crippen molar-refractivity contribution in [3.8, 4) is 0 Å². The van der Waals surface area contributed by atoms with E-state index in [0.29, 0.717) is 17.5 Å². The van der Waals surface area contributed by atoms with Crippen molar-refractivity contribution in [2.45, 2.75) is 25.7 Å². The van der Waals surface area contributed by atoms with Crippen LogP contribution in [-0.4, -0.2) is 22.6 Å². The maximum atomic E-state index is 11.0. The molecule has 0 radical (unpaired) electrons. The maximum absolute atomic E-state index is 11.0. The Balaban J connectivity index is 1.99. The van der Waals surface area contributed by atoms with Gasteiger partial charge in [-0.1, -0.05) is 23.3 Å². The minimum absolute atomic E-state index is 0.153. The van der Waals surface area contributed by atoms with Crippen LogP contribution in [0.3, 0.4) is 0 Å². The largest absolute Gasteiger partial charge is 0.478 e. The van der Waals surface area contributed by atoms with E-state index >= 15 is 0 Å². The van der Waals surface area contributed by atoms with E-state index in [0.717, 1.165) is 19.3 Å². The summed E-state index contributed by atoms with van der Waals surface area (Å²) < 4.78 is 0. The number of aromatic carboxylic acids is 1. The zero-order valence-electron chi connectivity index (χ0n) is 9.95. The fourth-order valence-electron chi connectivity index (χ4n) is 2.05. The average Bonchev–Trinajstić information content (AvgIpc) is 2.82. The van der Waals surface area contributed by atoms with E-state index in [9.17, 15) is 4.79 Å². The first kappa shape index (κ1) is 12.9. The van der Waals surface area contributed by atoms with E-state index in [-0.39, 0.29) is 5.56 Å². The average molecular weight is 267 g/mol. The lowest BCUT2D eigenvalue weighted by Crippen LogP contribution is -2.10. The van der Waals surface area contributed by atoms with Gasteiger partial charge in [0.25, 0.3) is 0 Å². The Labute approximate surface area is 111 Å². The minimum atomic E-state index is -0.998. The van der Waals surface area contributed by atoms with Crippen LogP contribution in [0.5, 0.6) is 0 Å². The number of rotatable bonds is 5. The van der Waals surface area contributed by atoms with Gasteiger partial charge in [0.2, 0.25) is 0 Å². The Morgan fingerprint density at radius 3 is 3.00 bits per heavy atom. The van der Waals surface area contributed by atoms with Gasteiger partial charge in [-0.3, -0.25) is 0 Å². The summed E-state index contributed by atoms with van der Waals surface area (Å²) in [5.41, 5.74) is 1.58. The number of carboxylic acid groups (broad SMARTS) is 1. The van der Waals surface area contributed by atoms with Gasteiger partial charge in [0, 0.05) is 6.54 Å². The van der Waals surface area contributed by atoms with Crippen molar-refractivity contribution in [2.75, 3.05) is 11.9 Å². The third-order valence-corrected chi connectivity index (χ3v) is 3.18. The van der Waals surface area contributed by atoms with Crippen LogP contribution in [0.4, 0.5) is 5.82 Å². The molecule has 0 saturated heterocycles. The molecule has 0 spiro atoms. The van der Waals surface area contributed by atoms with Gasteiger partial charge in [-0.2, -0.15) is 0 Å². The SMILES string of the molecule is O=C(O)c1ccc(Cl)nc1NCCC1=CCCC1. The number of hydrogen-bond donors (Lipinski definition) is 2. The van der Waals surface area contributed by atoms with E-state index in [4.69, 9.17) is 16.7 Å². The number of carboxylic acids is 1. The summed E-state index contributed by atoms with van der Waals surface area (Å²) in [7, 11) is 0. The number of carbonyl (C=O) groups is 1. The van der Waals surface area contributed by atoms with E-state index in [1.165, 1.54) is 24.1 Å². The number of aromatic nitrogens is 1. The van der Waals surface area contributed by atoms with Crippen LogP contribution in [0.2, 0.25) is 5.15 Å². The minimum Gasteiger partial charge on any atom is -0.478 e. The molecule has 4 nitrogen and oxygen atoms in total. The lowest BCUT2D eigenvalue weighted by molar-refractivity contribution is 0.0697. The number of halogens is 1. The zero-order valence-corrected chi connectivity index (χ0v) is 10.7. The van der Waals surface area contributed by atoms with Crippen molar-refractivity contribution in [3.63, 3.8) is 0 Å². The summed E-state index contributed by atoms with van der Waals surface area (Å²) in [4.78, 5) is 15.0. The Kier molecular flexibility index (Phi) is 4.20. The predicted molar refractivity (Wildman–Crippen MR) is 71.2 cm³/mol. The number of anilines is 1. The van der Waals surface area contributed by atoms with Crippen LogP contribution in [0, 0.1) is 0 Å². The lowest BCUT2D eigenvalue weighted by Gasteiger charge is -2.09. The lowest BCUT2D eigenvalue weighted by atomic mass is 10.1. The van der Waals surface area contributed by atoms with E-state index in [2.05, 4.69) is 16.4 Å². The summed E-state index contributed by atoms with van der Waals surface area (Å²) >= 11 is 5.77. The molecule has 2 N–H and O–H groups in total. The second-order valence-electron chi connectivity index (χ2n) is 4.27. The molecule has 1 aromatic heterocycles. The molecule has 1 aliphatic rings. The van der Waals surface area contributed by atoms with Crippen LogP contribution in [0.15, 0.2) is 23.8 Å². The molecule has 0 fully saturated rings. The molecule has 0 aliphatic heterocycles. The maximum Gasteiger partial charge on any atom is 0.339 e. The quantitative estimate of drug-likeness (QED) is 0.634. The standard InChI is InChI=1S/C13H15ClN2O2/c14-11-6-5-10(13(17)18)12(16-11)15-8-7-9-3-1-2-4-9/h3,5-6H,1-2,4,7-8H2,(H,15,16)(H,17,18). The highest BCUT2D eigenvalue weighted by Gasteiger charge is 2.12. The van der Waals surface area contributed by atoms with Crippen molar-refractivity contribution in [3.05, 3.63) is 34.5 Å². The number of allylic oxidation sites excluding steroid dienone is 1. The molecule has 0 bridgehead atoms. The Bertz CT molecular complexity index is 486. The molecular formula is C13H15ClN2O2. The highest BCUT2D eigenvalue weighted by Crippen LogP contribution is 2.21. The van der Waals surface area contributed by atoms with Gasteiger partial charge >= 0.3 is 5.97 Å². The van der Waals surface area contributed by atoms with Gasteiger partial charge in [0.05, 0.1) is 0 Å². The van der Waals surface area contributed by atoms with Gasteiger partial charge in [0.15, 0.2) is 0 Å². The van der Waals surface area contributed by atoms with Crippen molar-refractivity contribution in [2.24, 2.45) is 0 Å². The van der Waals surface area contributed by atoms with Crippen molar-refractivity contribution in [1.82, 2.24) is 4.98 Å². The summed E-state index contributed by atoms with van der Waals surface area (Å²) in [6.07, 6.45) is 6.71. The molecule has 1 aromatic rings. The third-order valence-electron chi connectivity index (χ3n) is 2.97. The molecule has 18 heavy (non-hydrogen) atoms. The van der Waals surface area contributed by atoms with Gasteiger partial charge in [0.1, 0.15) is 16.5 Å². The summed E-state index contributed by atoms with van der Waals surface area (Å²) in [5.74, 6) is -0.657. The van der Waals surface area contributed by atoms with Gasteiger partial charge in [-0.25, -0.2) is 9.78 Å². The summed E-state index contributed by atoms with van der Waals surface area (Å²) in [6.45, 7) is 0.680. The summed E-state index contributed by atoms with van der Waals surface area (Å²) in [6, 6.07) is 2.95. The number of nitrogens with zero attached hydrogens (tertiary/aromatic N) is 1. The van der Waals surface area contributed by atoms with Crippen LogP contribution >= 0.6 is 11.6 Å². The van der Waals surface area contributed by atoms with Crippen LogP contribution < -0.4 is 5.32 Å². The molecule has 0 aromatic carbocycles. The number of hydrogen-bond acceptors (Lipinski definition) is 3. The van der Waals surface area contributed by atoms with Gasteiger partial charge < -0.3 is 10.4 Å². The Morgan fingerprint density at radius 1 is 1.50 bits per heavy atom.